The number of carboxylic acids is 2. The second-order valence-electron chi connectivity index (χ2n) is 4.99. The Labute approximate surface area is 113 Å². The number of aliphatic carboxylic acids is 2. The molecule has 0 bridgehead atoms. The third-order valence-corrected chi connectivity index (χ3v) is 6.13. The van der Waals surface area contributed by atoms with Gasteiger partial charge in [-0.2, -0.15) is 0 Å². The lowest BCUT2D eigenvalue weighted by Gasteiger charge is -2.42. The van der Waals surface area contributed by atoms with Gasteiger partial charge in [0, 0.05) is 5.41 Å². The van der Waals surface area contributed by atoms with Crippen molar-refractivity contribution in [3.63, 3.8) is 0 Å². The standard InChI is InChI=1S/C8H16O10P2/c1-7(2,4-19(13,14)15)8(6(11)12,3-5(9)10)20(16,17)18/h3-4H2,1-2H3,(H,9,10)(H,11,12)(H2,13,14,15)(H2,16,17,18). The first-order valence-corrected chi connectivity index (χ1v) is 8.53. The van der Waals surface area contributed by atoms with E-state index in [1.807, 2.05) is 0 Å². The molecule has 1 unspecified atom stereocenters. The highest BCUT2D eigenvalue weighted by Gasteiger charge is 2.65. The summed E-state index contributed by atoms with van der Waals surface area (Å²) in [6, 6.07) is 0. The van der Waals surface area contributed by atoms with Gasteiger partial charge in [0.2, 0.25) is 0 Å². The summed E-state index contributed by atoms with van der Waals surface area (Å²) in [6.07, 6.45) is -2.66. The van der Waals surface area contributed by atoms with Crippen LogP contribution in [0.15, 0.2) is 0 Å². The van der Waals surface area contributed by atoms with Crippen molar-refractivity contribution in [3.05, 3.63) is 0 Å². The van der Waals surface area contributed by atoms with Crippen LogP contribution >= 0.6 is 15.2 Å². The SMILES string of the molecule is CC(C)(CP(=O)(O)O)C(CC(=O)O)(C(=O)O)P(=O)(O)O. The van der Waals surface area contributed by atoms with Gasteiger partial charge in [-0.05, 0) is 0 Å². The molecule has 0 radical (unpaired) electrons. The average molecular weight is 334 g/mol. The Hall–Kier alpha value is -0.760. The smallest absolute Gasteiger partial charge is 0.344 e. The number of hydrogen-bond donors (Lipinski definition) is 6. The maximum Gasteiger partial charge on any atom is 0.344 e. The molecule has 0 fully saturated rings. The van der Waals surface area contributed by atoms with Crippen LogP contribution in [0.2, 0.25) is 0 Å². The summed E-state index contributed by atoms with van der Waals surface area (Å²) in [5.41, 5.74) is -2.17. The number of carbonyl (C=O) groups is 2. The Morgan fingerprint density at radius 2 is 1.40 bits per heavy atom. The van der Waals surface area contributed by atoms with Gasteiger partial charge in [0.05, 0.1) is 12.6 Å². The molecule has 12 heteroatoms. The highest BCUT2D eigenvalue weighted by Crippen LogP contribution is 2.63. The molecule has 0 heterocycles. The predicted octanol–water partition coefficient (Wildman–Crippen LogP) is -0.334. The van der Waals surface area contributed by atoms with E-state index in [1.165, 1.54) is 0 Å². The van der Waals surface area contributed by atoms with Crippen LogP contribution in [-0.2, 0) is 18.7 Å². The van der Waals surface area contributed by atoms with Gasteiger partial charge in [-0.1, -0.05) is 13.8 Å². The molecule has 10 nitrogen and oxygen atoms in total. The summed E-state index contributed by atoms with van der Waals surface area (Å²) in [5, 5.41) is 14.7. The molecule has 0 saturated heterocycles. The molecule has 0 saturated carbocycles. The molecule has 0 rings (SSSR count). The van der Waals surface area contributed by atoms with Crippen molar-refractivity contribution >= 4 is 27.1 Å². The summed E-state index contributed by atoms with van der Waals surface area (Å²) in [7, 11) is -10.4. The summed E-state index contributed by atoms with van der Waals surface area (Å²) in [6.45, 7) is 1.78. The highest BCUT2D eigenvalue weighted by molar-refractivity contribution is 7.55. The molecule has 20 heavy (non-hydrogen) atoms. The molecule has 0 amide bonds. The van der Waals surface area contributed by atoms with Crippen LogP contribution < -0.4 is 0 Å². The van der Waals surface area contributed by atoms with Crippen molar-refractivity contribution in [1.82, 2.24) is 0 Å². The van der Waals surface area contributed by atoms with Gasteiger partial charge >= 0.3 is 27.1 Å². The highest BCUT2D eigenvalue weighted by atomic mass is 31.2. The topological polar surface area (TPSA) is 190 Å². The summed E-state index contributed by atoms with van der Waals surface area (Å²) >= 11 is 0. The van der Waals surface area contributed by atoms with E-state index in [4.69, 9.17) is 20.0 Å². The average Bonchev–Trinajstić information content (AvgIpc) is 2.05. The second-order valence-corrected chi connectivity index (χ2v) is 8.48. The first kappa shape index (κ1) is 19.2. The van der Waals surface area contributed by atoms with E-state index in [2.05, 4.69) is 0 Å². The molecule has 0 aliphatic heterocycles. The van der Waals surface area contributed by atoms with E-state index in [9.17, 15) is 28.5 Å². The minimum Gasteiger partial charge on any atom is -0.481 e. The number of hydrogen-bond acceptors (Lipinski definition) is 4. The number of rotatable bonds is 7. The maximum atomic E-state index is 11.6. The molecule has 118 valence electrons. The molecule has 1 atom stereocenters. The maximum absolute atomic E-state index is 11.6. The molecule has 0 spiro atoms. The minimum atomic E-state index is -5.55. The van der Waals surface area contributed by atoms with Gasteiger partial charge in [-0.3, -0.25) is 18.7 Å². The lowest BCUT2D eigenvalue weighted by molar-refractivity contribution is -0.150. The first-order valence-electron chi connectivity index (χ1n) is 5.12. The normalized spacial score (nSPS) is 16.5. The largest absolute Gasteiger partial charge is 0.481 e. The van der Waals surface area contributed by atoms with Crippen LogP contribution in [0.25, 0.3) is 0 Å². The zero-order chi connectivity index (χ0) is 16.6. The van der Waals surface area contributed by atoms with Crippen molar-refractivity contribution in [2.75, 3.05) is 6.16 Å². The monoisotopic (exact) mass is 334 g/mol. The van der Waals surface area contributed by atoms with E-state index in [0.29, 0.717) is 0 Å². The minimum absolute atomic E-state index is 0.891. The van der Waals surface area contributed by atoms with Gasteiger partial charge in [-0.15, -0.1) is 0 Å². The Morgan fingerprint density at radius 3 is 1.60 bits per heavy atom. The lowest BCUT2D eigenvalue weighted by Crippen LogP contribution is -2.54. The molecule has 0 aliphatic carbocycles. The zero-order valence-corrected chi connectivity index (χ0v) is 12.4. The molecule has 0 aromatic heterocycles. The Bertz CT molecular complexity index is 499. The van der Waals surface area contributed by atoms with Crippen molar-refractivity contribution in [2.45, 2.75) is 25.4 Å². The molecule has 6 N–H and O–H groups in total. The quantitative estimate of drug-likeness (QED) is 0.336. The van der Waals surface area contributed by atoms with Crippen LogP contribution in [0.1, 0.15) is 20.3 Å². The second kappa shape index (κ2) is 5.55. The molecule has 0 aromatic rings. The Kier molecular flexibility index (Phi) is 5.34. The van der Waals surface area contributed by atoms with E-state index >= 15 is 0 Å². The van der Waals surface area contributed by atoms with E-state index < -0.39 is 50.3 Å². The van der Waals surface area contributed by atoms with Gasteiger partial charge in [0.25, 0.3) is 0 Å². The van der Waals surface area contributed by atoms with Crippen LogP contribution in [0.5, 0.6) is 0 Å². The fourth-order valence-electron chi connectivity index (χ4n) is 2.09. The molecule has 0 aliphatic rings. The lowest BCUT2D eigenvalue weighted by atomic mass is 9.77. The summed E-state index contributed by atoms with van der Waals surface area (Å²) in [4.78, 5) is 58.5. The first-order chi connectivity index (χ1) is 8.57. The summed E-state index contributed by atoms with van der Waals surface area (Å²) in [5.74, 6) is -3.94. The third kappa shape index (κ3) is 3.88. The van der Waals surface area contributed by atoms with Crippen LogP contribution in [0.3, 0.4) is 0 Å². The van der Waals surface area contributed by atoms with Gasteiger partial charge in [0.15, 0.2) is 5.16 Å². The fraction of sp³-hybridized carbons (Fsp3) is 0.750. The third-order valence-electron chi connectivity index (χ3n) is 2.98. The van der Waals surface area contributed by atoms with E-state index in [1.54, 1.807) is 0 Å². The Balaban J connectivity index is 6.24. The predicted molar refractivity (Wildman–Crippen MR) is 65.4 cm³/mol. The van der Waals surface area contributed by atoms with Crippen molar-refractivity contribution in [2.24, 2.45) is 5.41 Å². The molecular formula is C8H16O10P2. The van der Waals surface area contributed by atoms with Crippen molar-refractivity contribution in [3.8, 4) is 0 Å². The van der Waals surface area contributed by atoms with Crippen LogP contribution in [0.4, 0.5) is 0 Å². The van der Waals surface area contributed by atoms with Gasteiger partial charge < -0.3 is 29.8 Å². The Morgan fingerprint density at radius 1 is 1.00 bits per heavy atom. The fourth-order valence-corrected chi connectivity index (χ4v) is 4.97. The zero-order valence-electron chi connectivity index (χ0n) is 10.6. The number of carboxylic acid groups (broad SMARTS) is 2. The van der Waals surface area contributed by atoms with Crippen LogP contribution in [0, 0.1) is 5.41 Å². The molecule has 0 aromatic carbocycles. The van der Waals surface area contributed by atoms with Gasteiger partial charge in [0.1, 0.15) is 0 Å². The van der Waals surface area contributed by atoms with Crippen molar-refractivity contribution in [1.29, 1.82) is 0 Å². The van der Waals surface area contributed by atoms with E-state index in [-0.39, 0.29) is 0 Å². The van der Waals surface area contributed by atoms with Crippen LogP contribution in [-0.4, -0.2) is 53.0 Å². The van der Waals surface area contributed by atoms with Crippen molar-refractivity contribution < 1.29 is 48.5 Å². The van der Waals surface area contributed by atoms with Gasteiger partial charge in [-0.25, -0.2) is 0 Å². The summed E-state index contributed by atoms with van der Waals surface area (Å²) < 4.78 is 22.6. The van der Waals surface area contributed by atoms with E-state index in [0.717, 1.165) is 13.8 Å². The molecular weight excluding hydrogens is 318 g/mol.